The third kappa shape index (κ3) is 3.35. The van der Waals surface area contributed by atoms with Crippen LogP contribution in [0.25, 0.3) is 0 Å². The highest BCUT2D eigenvalue weighted by Gasteiger charge is 2.16. The second-order valence-electron chi connectivity index (χ2n) is 4.67. The van der Waals surface area contributed by atoms with E-state index in [0.29, 0.717) is 16.9 Å². The van der Waals surface area contributed by atoms with Crippen molar-refractivity contribution in [3.05, 3.63) is 63.5 Å². The average molecular weight is 291 g/mol. The van der Waals surface area contributed by atoms with Gasteiger partial charge in [-0.1, -0.05) is 12.1 Å². The van der Waals surface area contributed by atoms with Crippen molar-refractivity contribution in [1.29, 1.82) is 0 Å². The molecular formula is C15H14FNO4. The number of ether oxygens (including phenoxy) is 1. The molecule has 0 spiro atoms. The number of aryl methyl sites for hydroxylation is 1. The van der Waals surface area contributed by atoms with E-state index in [1.54, 1.807) is 31.2 Å². The van der Waals surface area contributed by atoms with E-state index >= 15 is 0 Å². The first-order valence-electron chi connectivity index (χ1n) is 6.29. The van der Waals surface area contributed by atoms with Crippen LogP contribution in [0.3, 0.4) is 0 Å². The molecule has 0 amide bonds. The van der Waals surface area contributed by atoms with Gasteiger partial charge in [0, 0.05) is 5.56 Å². The fourth-order valence-electron chi connectivity index (χ4n) is 1.86. The van der Waals surface area contributed by atoms with Gasteiger partial charge in [-0.25, -0.2) is 4.39 Å². The Morgan fingerprint density at radius 2 is 1.90 bits per heavy atom. The van der Waals surface area contributed by atoms with Gasteiger partial charge in [0.05, 0.1) is 17.1 Å². The van der Waals surface area contributed by atoms with Gasteiger partial charge < -0.3 is 9.84 Å². The lowest BCUT2D eigenvalue weighted by atomic mass is 10.1. The highest BCUT2D eigenvalue weighted by Crippen LogP contribution is 2.30. The number of aliphatic hydroxyl groups is 1. The van der Waals surface area contributed by atoms with Gasteiger partial charge in [-0.2, -0.15) is 0 Å². The van der Waals surface area contributed by atoms with E-state index in [1.807, 2.05) is 0 Å². The van der Waals surface area contributed by atoms with E-state index < -0.39 is 16.8 Å². The molecule has 6 heteroatoms. The van der Waals surface area contributed by atoms with Crippen molar-refractivity contribution in [2.24, 2.45) is 0 Å². The summed E-state index contributed by atoms with van der Waals surface area (Å²) < 4.78 is 19.2. The van der Waals surface area contributed by atoms with Crippen LogP contribution in [0.2, 0.25) is 0 Å². The summed E-state index contributed by atoms with van der Waals surface area (Å²) in [7, 11) is 0. The van der Waals surface area contributed by atoms with Crippen molar-refractivity contribution in [3.8, 4) is 11.5 Å². The van der Waals surface area contributed by atoms with E-state index in [9.17, 15) is 19.6 Å². The number of nitrogens with zero attached hydrogens (tertiary/aromatic N) is 1. The van der Waals surface area contributed by atoms with Crippen LogP contribution in [0.5, 0.6) is 11.5 Å². The fourth-order valence-corrected chi connectivity index (χ4v) is 1.86. The number of benzene rings is 2. The van der Waals surface area contributed by atoms with Crippen molar-refractivity contribution in [1.82, 2.24) is 0 Å². The Kier molecular flexibility index (Phi) is 4.18. The summed E-state index contributed by atoms with van der Waals surface area (Å²) in [6.07, 6.45) is -0.600. The van der Waals surface area contributed by atoms with Gasteiger partial charge >= 0.3 is 0 Å². The molecule has 110 valence electrons. The van der Waals surface area contributed by atoms with E-state index in [0.717, 1.165) is 6.07 Å². The van der Waals surface area contributed by atoms with E-state index in [-0.39, 0.29) is 11.4 Å². The molecule has 0 saturated carbocycles. The molecule has 0 radical (unpaired) electrons. The molecule has 1 atom stereocenters. The predicted molar refractivity (Wildman–Crippen MR) is 74.9 cm³/mol. The minimum absolute atomic E-state index is 0.0807. The molecule has 0 bridgehead atoms. The predicted octanol–water partition coefficient (Wildman–Crippen LogP) is 3.89. The van der Waals surface area contributed by atoms with Crippen LogP contribution in [0.4, 0.5) is 10.1 Å². The largest absolute Gasteiger partial charge is 0.454 e. The summed E-state index contributed by atoms with van der Waals surface area (Å²) in [5.74, 6) is -0.499. The Labute approximate surface area is 120 Å². The third-order valence-corrected chi connectivity index (χ3v) is 3.04. The maximum absolute atomic E-state index is 13.8. The van der Waals surface area contributed by atoms with Crippen LogP contribution in [-0.2, 0) is 0 Å². The Morgan fingerprint density at radius 1 is 1.29 bits per heavy atom. The normalized spacial score (nSPS) is 12.0. The van der Waals surface area contributed by atoms with E-state index in [1.165, 1.54) is 13.0 Å². The summed E-state index contributed by atoms with van der Waals surface area (Å²) in [4.78, 5) is 10.1. The van der Waals surface area contributed by atoms with Crippen LogP contribution >= 0.6 is 0 Å². The molecule has 0 aliphatic carbocycles. The van der Waals surface area contributed by atoms with E-state index in [4.69, 9.17) is 4.74 Å². The molecule has 2 aromatic carbocycles. The van der Waals surface area contributed by atoms with E-state index in [2.05, 4.69) is 0 Å². The Bertz CT molecular complexity index is 668. The molecule has 0 fully saturated rings. The van der Waals surface area contributed by atoms with Crippen molar-refractivity contribution in [2.75, 3.05) is 0 Å². The molecule has 2 aromatic rings. The van der Waals surface area contributed by atoms with Gasteiger partial charge in [0.15, 0.2) is 11.6 Å². The zero-order chi connectivity index (χ0) is 15.6. The fraction of sp³-hybridized carbons (Fsp3) is 0.200. The van der Waals surface area contributed by atoms with Gasteiger partial charge in [0.2, 0.25) is 0 Å². The minimum atomic E-state index is -0.799. The van der Waals surface area contributed by atoms with Crippen LogP contribution in [0, 0.1) is 22.9 Å². The molecule has 0 unspecified atom stereocenters. The maximum atomic E-state index is 13.8. The summed E-state index contributed by atoms with van der Waals surface area (Å²) in [5, 5.41) is 20.1. The molecule has 21 heavy (non-hydrogen) atoms. The Hall–Kier alpha value is -2.47. The topological polar surface area (TPSA) is 72.6 Å². The number of nitro groups is 1. The zero-order valence-electron chi connectivity index (χ0n) is 11.5. The van der Waals surface area contributed by atoms with Gasteiger partial charge in [-0.05, 0) is 37.6 Å². The van der Waals surface area contributed by atoms with Gasteiger partial charge in [0.25, 0.3) is 5.69 Å². The van der Waals surface area contributed by atoms with Crippen LogP contribution in [-0.4, -0.2) is 10.0 Å². The summed E-state index contributed by atoms with van der Waals surface area (Å²) in [6, 6.07) is 8.65. The van der Waals surface area contributed by atoms with Crippen molar-refractivity contribution < 1.29 is 19.2 Å². The third-order valence-electron chi connectivity index (χ3n) is 3.04. The molecule has 0 saturated heterocycles. The standard InChI is InChI=1S/C15H14FNO4/c1-9-7-15(13(16)8-14(9)17(19)20)21-12-5-3-11(4-6-12)10(2)18/h3-8,10,18H,1-2H3/t10-/m1/s1. The van der Waals surface area contributed by atoms with Crippen LogP contribution in [0.15, 0.2) is 36.4 Å². The van der Waals surface area contributed by atoms with Crippen LogP contribution in [0.1, 0.15) is 24.2 Å². The lowest BCUT2D eigenvalue weighted by Crippen LogP contribution is -1.96. The highest BCUT2D eigenvalue weighted by molar-refractivity contribution is 5.46. The maximum Gasteiger partial charge on any atom is 0.275 e. The van der Waals surface area contributed by atoms with Crippen LogP contribution < -0.4 is 4.74 Å². The average Bonchev–Trinajstić information content (AvgIpc) is 2.42. The Morgan fingerprint density at radius 3 is 2.43 bits per heavy atom. The quantitative estimate of drug-likeness (QED) is 0.685. The lowest BCUT2D eigenvalue weighted by molar-refractivity contribution is -0.385. The first-order valence-corrected chi connectivity index (χ1v) is 6.29. The molecule has 5 nitrogen and oxygen atoms in total. The first-order chi connectivity index (χ1) is 9.88. The number of halogens is 1. The van der Waals surface area contributed by atoms with Crippen molar-refractivity contribution in [2.45, 2.75) is 20.0 Å². The molecule has 0 aliphatic heterocycles. The van der Waals surface area contributed by atoms with Crippen molar-refractivity contribution in [3.63, 3.8) is 0 Å². The van der Waals surface area contributed by atoms with Gasteiger partial charge in [-0.15, -0.1) is 0 Å². The molecule has 2 rings (SSSR count). The lowest BCUT2D eigenvalue weighted by Gasteiger charge is -2.09. The summed E-state index contributed by atoms with van der Waals surface area (Å²) in [6.45, 7) is 3.15. The highest BCUT2D eigenvalue weighted by atomic mass is 19.1. The second-order valence-corrected chi connectivity index (χ2v) is 4.67. The minimum Gasteiger partial charge on any atom is -0.454 e. The molecule has 0 aromatic heterocycles. The van der Waals surface area contributed by atoms with Gasteiger partial charge in [0.1, 0.15) is 5.75 Å². The Balaban J connectivity index is 2.27. The first kappa shape index (κ1) is 14.9. The number of hydrogen-bond acceptors (Lipinski definition) is 4. The number of rotatable bonds is 4. The molecular weight excluding hydrogens is 277 g/mol. The monoisotopic (exact) mass is 291 g/mol. The molecule has 0 aliphatic rings. The number of nitro benzene ring substituents is 1. The molecule has 1 N–H and O–H groups in total. The number of aliphatic hydroxyl groups excluding tert-OH is 1. The molecule has 0 heterocycles. The SMILES string of the molecule is Cc1cc(Oc2ccc([C@@H](C)O)cc2)c(F)cc1[N+](=O)[O-]. The number of hydrogen-bond donors (Lipinski definition) is 1. The summed E-state index contributed by atoms with van der Waals surface area (Å²) in [5.41, 5.74) is 0.740. The van der Waals surface area contributed by atoms with Gasteiger partial charge in [-0.3, -0.25) is 10.1 Å². The zero-order valence-corrected chi connectivity index (χ0v) is 11.5. The second kappa shape index (κ2) is 5.88. The van der Waals surface area contributed by atoms with Crippen molar-refractivity contribution >= 4 is 5.69 Å². The summed E-state index contributed by atoms with van der Waals surface area (Å²) >= 11 is 0. The smallest absolute Gasteiger partial charge is 0.275 e.